The van der Waals surface area contributed by atoms with Gasteiger partial charge in [-0.15, -0.1) is 0 Å². The minimum atomic E-state index is -0.372. The van der Waals surface area contributed by atoms with Crippen LogP contribution in [0.2, 0.25) is 0 Å². The zero-order valence-electron chi connectivity index (χ0n) is 13.6. The lowest BCUT2D eigenvalue weighted by molar-refractivity contribution is 0.137. The average Bonchev–Trinajstić information content (AvgIpc) is 3.31. The van der Waals surface area contributed by atoms with Crippen LogP contribution in [-0.4, -0.2) is 47.5 Å². The summed E-state index contributed by atoms with van der Waals surface area (Å²) in [4.78, 5) is 2.32. The van der Waals surface area contributed by atoms with Gasteiger partial charge in [0.1, 0.15) is 0 Å². The molecular formula is C19H25NO3. The van der Waals surface area contributed by atoms with E-state index in [9.17, 15) is 10.2 Å². The van der Waals surface area contributed by atoms with Crippen LogP contribution in [0.1, 0.15) is 31.2 Å². The van der Waals surface area contributed by atoms with Crippen molar-refractivity contribution < 1.29 is 14.9 Å². The van der Waals surface area contributed by atoms with Crippen molar-refractivity contribution in [3.05, 3.63) is 35.9 Å². The van der Waals surface area contributed by atoms with Crippen molar-refractivity contribution in [2.24, 2.45) is 5.92 Å². The maximum absolute atomic E-state index is 10.4. The summed E-state index contributed by atoms with van der Waals surface area (Å²) in [6, 6.07) is 6.11. The van der Waals surface area contributed by atoms with Gasteiger partial charge >= 0.3 is 0 Å². The van der Waals surface area contributed by atoms with Crippen molar-refractivity contribution in [3.8, 4) is 11.5 Å². The number of aromatic hydroxyl groups is 1. The van der Waals surface area contributed by atoms with Crippen LogP contribution >= 0.6 is 0 Å². The molecule has 0 amide bonds. The molecule has 4 rings (SSSR count). The summed E-state index contributed by atoms with van der Waals surface area (Å²) in [6.07, 6.45) is 7.92. The molecule has 0 unspecified atom stereocenters. The first-order valence-electron chi connectivity index (χ1n) is 8.62. The van der Waals surface area contributed by atoms with E-state index in [0.29, 0.717) is 18.3 Å². The number of rotatable bonds is 4. The Kier molecular flexibility index (Phi) is 3.62. The summed E-state index contributed by atoms with van der Waals surface area (Å²) in [7, 11) is 2.12. The zero-order valence-corrected chi connectivity index (χ0v) is 13.6. The monoisotopic (exact) mass is 315 g/mol. The van der Waals surface area contributed by atoms with E-state index in [-0.39, 0.29) is 23.3 Å². The number of hydrogen-bond acceptors (Lipinski definition) is 4. The molecule has 2 fully saturated rings. The minimum absolute atomic E-state index is 0.111. The van der Waals surface area contributed by atoms with E-state index in [2.05, 4.69) is 24.1 Å². The molecule has 1 saturated heterocycles. The highest BCUT2D eigenvalue weighted by atomic mass is 16.5. The van der Waals surface area contributed by atoms with Gasteiger partial charge < -0.3 is 19.8 Å². The average molecular weight is 315 g/mol. The lowest BCUT2D eigenvalue weighted by atomic mass is 9.69. The molecule has 1 heterocycles. The number of ether oxygens (including phenoxy) is 1. The highest BCUT2D eigenvalue weighted by Gasteiger charge is 2.48. The van der Waals surface area contributed by atoms with E-state index >= 15 is 0 Å². The van der Waals surface area contributed by atoms with Crippen LogP contribution in [0.5, 0.6) is 11.5 Å². The third-order valence-corrected chi connectivity index (χ3v) is 5.75. The standard InChI is InChI=1S/C19H25NO3/c1-20-9-8-19(7-6-15(21)11-18(19)20)14-4-5-17(16(22)10-14)23-12-13-2-3-13/h4-7,10,13,15,18,21-22H,2-3,8-9,11-12H2,1H3/t15-,18+,19+/m1/s1. The van der Waals surface area contributed by atoms with Crippen LogP contribution in [0.15, 0.2) is 30.4 Å². The maximum Gasteiger partial charge on any atom is 0.160 e. The van der Waals surface area contributed by atoms with Crippen molar-refractivity contribution in [2.75, 3.05) is 20.2 Å². The summed E-state index contributed by atoms with van der Waals surface area (Å²) >= 11 is 0. The lowest BCUT2D eigenvalue weighted by Gasteiger charge is -2.39. The molecule has 1 saturated carbocycles. The normalized spacial score (nSPS) is 33.7. The smallest absolute Gasteiger partial charge is 0.160 e. The number of nitrogens with zero attached hydrogens (tertiary/aromatic N) is 1. The number of fused-ring (bicyclic) bond motifs is 1. The van der Waals surface area contributed by atoms with E-state index in [1.54, 1.807) is 0 Å². The largest absolute Gasteiger partial charge is 0.504 e. The molecule has 0 aromatic heterocycles. The Bertz CT molecular complexity index is 625. The van der Waals surface area contributed by atoms with Gasteiger partial charge in [0, 0.05) is 11.5 Å². The summed E-state index contributed by atoms with van der Waals surface area (Å²) in [5.41, 5.74) is 1.01. The van der Waals surface area contributed by atoms with Gasteiger partial charge in [0.05, 0.1) is 12.7 Å². The fourth-order valence-electron chi connectivity index (χ4n) is 4.11. The molecule has 3 aliphatic rings. The second-order valence-electron chi connectivity index (χ2n) is 7.39. The predicted molar refractivity (Wildman–Crippen MR) is 88.8 cm³/mol. The first kappa shape index (κ1) is 15.0. The number of likely N-dealkylation sites (tertiary alicyclic amines) is 1. The molecule has 0 bridgehead atoms. The van der Waals surface area contributed by atoms with Crippen LogP contribution in [0.3, 0.4) is 0 Å². The Hall–Kier alpha value is -1.52. The van der Waals surface area contributed by atoms with Crippen molar-refractivity contribution >= 4 is 0 Å². The van der Waals surface area contributed by atoms with Gasteiger partial charge in [0.25, 0.3) is 0 Å². The van der Waals surface area contributed by atoms with Gasteiger partial charge in [0.2, 0.25) is 0 Å². The minimum Gasteiger partial charge on any atom is -0.504 e. The van der Waals surface area contributed by atoms with E-state index in [1.807, 2.05) is 18.2 Å². The van der Waals surface area contributed by atoms with Crippen molar-refractivity contribution in [1.29, 1.82) is 0 Å². The third-order valence-electron chi connectivity index (χ3n) is 5.75. The Balaban J connectivity index is 1.63. The maximum atomic E-state index is 10.4. The Labute approximate surface area is 137 Å². The lowest BCUT2D eigenvalue weighted by Crippen LogP contribution is -2.44. The molecule has 0 spiro atoms. The van der Waals surface area contributed by atoms with Gasteiger partial charge in [-0.25, -0.2) is 0 Å². The Morgan fingerprint density at radius 3 is 2.91 bits per heavy atom. The number of likely N-dealkylation sites (N-methyl/N-ethyl adjacent to an activating group) is 1. The fourth-order valence-corrected chi connectivity index (χ4v) is 4.11. The molecule has 1 aromatic carbocycles. The molecule has 1 aliphatic heterocycles. The van der Waals surface area contributed by atoms with Crippen LogP contribution in [0, 0.1) is 5.92 Å². The number of phenolic OH excluding ortho intramolecular Hbond substituents is 1. The van der Waals surface area contributed by atoms with Crippen LogP contribution in [0.4, 0.5) is 0 Å². The molecule has 1 aromatic rings. The highest BCUT2D eigenvalue weighted by Crippen LogP contribution is 2.47. The van der Waals surface area contributed by atoms with Gasteiger partial charge in [-0.1, -0.05) is 18.2 Å². The summed E-state index contributed by atoms with van der Waals surface area (Å²) in [5, 5.41) is 20.4. The Morgan fingerprint density at radius 1 is 1.35 bits per heavy atom. The summed E-state index contributed by atoms with van der Waals surface area (Å²) in [6.45, 7) is 1.71. The predicted octanol–water partition coefficient (Wildman–Crippen LogP) is 2.44. The zero-order chi connectivity index (χ0) is 16.0. The van der Waals surface area contributed by atoms with Crippen molar-refractivity contribution in [1.82, 2.24) is 4.90 Å². The van der Waals surface area contributed by atoms with E-state index in [4.69, 9.17) is 4.74 Å². The number of benzene rings is 1. The topological polar surface area (TPSA) is 52.9 Å². The van der Waals surface area contributed by atoms with Gasteiger partial charge in [-0.05, 0) is 62.9 Å². The quantitative estimate of drug-likeness (QED) is 0.838. The molecule has 23 heavy (non-hydrogen) atoms. The SMILES string of the molecule is CN1CC[C@]2(c3ccc(OCC4CC4)c(O)c3)C=C[C@@H](O)C[C@H]12. The van der Waals surface area contributed by atoms with Crippen molar-refractivity contribution in [2.45, 2.75) is 43.2 Å². The Morgan fingerprint density at radius 2 is 2.17 bits per heavy atom. The summed E-state index contributed by atoms with van der Waals surface area (Å²) in [5.74, 6) is 1.48. The second kappa shape index (κ2) is 5.53. The number of aliphatic hydroxyl groups is 1. The van der Waals surface area contributed by atoms with Crippen LogP contribution in [-0.2, 0) is 5.41 Å². The molecule has 4 heteroatoms. The first-order valence-corrected chi connectivity index (χ1v) is 8.62. The number of hydrogen-bond donors (Lipinski definition) is 2. The van der Waals surface area contributed by atoms with Gasteiger partial charge in [-0.3, -0.25) is 0 Å². The molecule has 2 N–H and O–H groups in total. The van der Waals surface area contributed by atoms with Gasteiger partial charge in [-0.2, -0.15) is 0 Å². The van der Waals surface area contributed by atoms with Gasteiger partial charge in [0.15, 0.2) is 11.5 Å². The number of phenols is 1. The van der Waals surface area contributed by atoms with E-state index in [1.165, 1.54) is 12.8 Å². The van der Waals surface area contributed by atoms with Crippen LogP contribution < -0.4 is 4.74 Å². The highest BCUT2D eigenvalue weighted by molar-refractivity contribution is 5.48. The fraction of sp³-hybridized carbons (Fsp3) is 0.579. The number of aliphatic hydroxyl groups excluding tert-OH is 1. The molecule has 2 aliphatic carbocycles. The second-order valence-corrected chi connectivity index (χ2v) is 7.39. The molecule has 4 nitrogen and oxygen atoms in total. The molecule has 0 radical (unpaired) electrons. The molecule has 124 valence electrons. The third kappa shape index (κ3) is 2.64. The first-order chi connectivity index (χ1) is 11.1. The van der Waals surface area contributed by atoms with E-state index < -0.39 is 0 Å². The van der Waals surface area contributed by atoms with Crippen molar-refractivity contribution in [3.63, 3.8) is 0 Å². The van der Waals surface area contributed by atoms with Crippen LogP contribution in [0.25, 0.3) is 0 Å². The summed E-state index contributed by atoms with van der Waals surface area (Å²) < 4.78 is 5.73. The molecule has 3 atom stereocenters. The van der Waals surface area contributed by atoms with E-state index in [0.717, 1.165) is 24.9 Å². The molecular weight excluding hydrogens is 290 g/mol.